The summed E-state index contributed by atoms with van der Waals surface area (Å²) in [6, 6.07) is 2.75. The molecule has 1 aliphatic rings. The second kappa shape index (κ2) is 5.33. The van der Waals surface area contributed by atoms with Crippen LogP contribution in [-0.4, -0.2) is 34.6 Å². The maximum Gasteiger partial charge on any atom is 0.107 e. The largest absolute Gasteiger partial charge is 0.342 e. The second-order valence-electron chi connectivity index (χ2n) is 5.35. The van der Waals surface area contributed by atoms with Crippen molar-refractivity contribution in [2.45, 2.75) is 25.8 Å². The van der Waals surface area contributed by atoms with Gasteiger partial charge in [0, 0.05) is 21.2 Å². The zero-order chi connectivity index (χ0) is 13.6. The lowest BCUT2D eigenvalue weighted by Gasteiger charge is -2.30. The molecule has 5 heteroatoms. The lowest BCUT2D eigenvalue weighted by Crippen LogP contribution is -2.31. The first kappa shape index (κ1) is 13.8. The van der Waals surface area contributed by atoms with E-state index in [4.69, 9.17) is 0 Å². The number of halogens is 2. The van der Waals surface area contributed by atoms with Crippen molar-refractivity contribution in [3.63, 3.8) is 0 Å². The van der Waals surface area contributed by atoms with Crippen molar-refractivity contribution in [1.29, 1.82) is 0 Å². The van der Waals surface area contributed by atoms with Crippen LogP contribution in [0.25, 0.3) is 10.9 Å². The van der Waals surface area contributed by atoms with Crippen molar-refractivity contribution in [2.75, 3.05) is 20.1 Å². The van der Waals surface area contributed by atoms with Crippen LogP contribution >= 0.6 is 38.5 Å². The van der Waals surface area contributed by atoms with Gasteiger partial charge in [0.15, 0.2) is 0 Å². The van der Waals surface area contributed by atoms with Crippen LogP contribution in [0.5, 0.6) is 0 Å². The molecule has 0 aromatic carbocycles. The molecule has 102 valence electrons. The molecular formula is C14H17BrIN3. The molecule has 1 saturated heterocycles. The van der Waals surface area contributed by atoms with E-state index in [9.17, 15) is 0 Å². The van der Waals surface area contributed by atoms with E-state index in [1.807, 2.05) is 0 Å². The number of aryl methyl sites for hydroxylation is 1. The van der Waals surface area contributed by atoms with Crippen LogP contribution < -0.4 is 0 Å². The first-order valence-corrected chi connectivity index (χ1v) is 8.45. The third-order valence-corrected chi connectivity index (χ3v) is 5.25. The van der Waals surface area contributed by atoms with Crippen molar-refractivity contribution < 1.29 is 0 Å². The van der Waals surface area contributed by atoms with E-state index in [0.717, 1.165) is 10.3 Å². The quantitative estimate of drug-likeness (QED) is 0.501. The molecule has 0 unspecified atom stereocenters. The first-order valence-electron chi connectivity index (χ1n) is 6.58. The summed E-state index contributed by atoms with van der Waals surface area (Å²) in [4.78, 5) is 6.98. The number of hydrogen-bond acceptors (Lipinski definition) is 2. The molecule has 2 aromatic heterocycles. The minimum atomic E-state index is 0.615. The highest BCUT2D eigenvalue weighted by Crippen LogP contribution is 2.33. The Hall–Kier alpha value is -0.140. The molecule has 1 aliphatic heterocycles. The molecule has 19 heavy (non-hydrogen) atoms. The molecule has 2 aromatic rings. The lowest BCUT2D eigenvalue weighted by atomic mass is 10.1. The smallest absolute Gasteiger partial charge is 0.107 e. The average Bonchev–Trinajstić information content (AvgIpc) is 2.68. The van der Waals surface area contributed by atoms with Gasteiger partial charge < -0.3 is 9.47 Å². The highest BCUT2D eigenvalue weighted by atomic mass is 127. The highest BCUT2D eigenvalue weighted by molar-refractivity contribution is 14.1. The molecule has 3 heterocycles. The third-order valence-electron chi connectivity index (χ3n) is 3.99. The fourth-order valence-corrected chi connectivity index (χ4v) is 4.16. The number of pyridine rings is 1. The van der Waals surface area contributed by atoms with Gasteiger partial charge in [-0.2, -0.15) is 0 Å². The van der Waals surface area contributed by atoms with Crippen LogP contribution in [0, 0.1) is 10.5 Å². The number of aromatic nitrogens is 2. The predicted octanol–water partition coefficient (Wildman–Crippen LogP) is 3.98. The van der Waals surface area contributed by atoms with Crippen LogP contribution in [-0.2, 0) is 0 Å². The number of hydrogen-bond donors (Lipinski definition) is 0. The Kier molecular flexibility index (Phi) is 3.88. The second-order valence-corrected chi connectivity index (χ2v) is 7.32. The number of likely N-dealkylation sites (tertiary alicyclic amines) is 1. The molecule has 3 rings (SSSR count). The maximum atomic E-state index is 4.57. The minimum Gasteiger partial charge on any atom is -0.342 e. The molecule has 0 atom stereocenters. The number of piperidine rings is 1. The van der Waals surface area contributed by atoms with E-state index in [1.165, 1.54) is 40.4 Å². The minimum absolute atomic E-state index is 0.615. The van der Waals surface area contributed by atoms with Crippen LogP contribution in [0.1, 0.15) is 24.6 Å². The van der Waals surface area contributed by atoms with Crippen LogP contribution in [0.4, 0.5) is 0 Å². The molecule has 0 radical (unpaired) electrons. The Balaban J connectivity index is 2.09. The number of rotatable bonds is 1. The third kappa shape index (κ3) is 2.56. The maximum absolute atomic E-state index is 4.57. The van der Waals surface area contributed by atoms with Gasteiger partial charge >= 0.3 is 0 Å². The van der Waals surface area contributed by atoms with E-state index in [2.05, 4.69) is 79.2 Å². The molecule has 3 nitrogen and oxygen atoms in total. The molecule has 0 N–H and O–H groups in total. The lowest BCUT2D eigenvalue weighted by molar-refractivity contribution is 0.224. The van der Waals surface area contributed by atoms with Gasteiger partial charge in [-0.25, -0.2) is 4.98 Å². The zero-order valence-electron chi connectivity index (χ0n) is 11.2. The Bertz CT molecular complexity index is 615. The fourth-order valence-electron chi connectivity index (χ4n) is 2.95. The fraction of sp³-hybridized carbons (Fsp3) is 0.500. The first-order chi connectivity index (χ1) is 9.06. The van der Waals surface area contributed by atoms with Gasteiger partial charge in [0.2, 0.25) is 0 Å². The monoisotopic (exact) mass is 433 g/mol. The van der Waals surface area contributed by atoms with E-state index in [0.29, 0.717) is 6.04 Å². The van der Waals surface area contributed by atoms with Gasteiger partial charge in [0.05, 0.1) is 11.2 Å². The summed E-state index contributed by atoms with van der Waals surface area (Å²) >= 11 is 5.93. The summed E-state index contributed by atoms with van der Waals surface area (Å²) < 4.78 is 4.70. The standard InChI is InChI=1S/C14H17BrIN3/c1-9-14-11(7-13(15)17-9)12(16)8-19(14)10-3-5-18(2)6-4-10/h7-8,10H,3-6H2,1-2H3. The van der Waals surface area contributed by atoms with Crippen molar-refractivity contribution >= 4 is 49.4 Å². The normalized spacial score (nSPS) is 18.3. The Morgan fingerprint density at radius 2 is 2.05 bits per heavy atom. The van der Waals surface area contributed by atoms with Gasteiger partial charge in [-0.1, -0.05) is 0 Å². The SMILES string of the molecule is Cc1nc(Br)cc2c(I)cn(C3CCN(C)CC3)c12. The predicted molar refractivity (Wildman–Crippen MR) is 90.7 cm³/mol. The van der Waals surface area contributed by atoms with Crippen LogP contribution in [0.15, 0.2) is 16.9 Å². The van der Waals surface area contributed by atoms with Crippen molar-refractivity contribution in [2.24, 2.45) is 0 Å². The molecule has 1 fully saturated rings. The van der Waals surface area contributed by atoms with E-state index in [-0.39, 0.29) is 0 Å². The number of fused-ring (bicyclic) bond motifs is 1. The Labute approximate surface area is 135 Å². The molecular weight excluding hydrogens is 417 g/mol. The average molecular weight is 434 g/mol. The van der Waals surface area contributed by atoms with Crippen molar-refractivity contribution in [3.05, 3.63) is 26.1 Å². The zero-order valence-corrected chi connectivity index (χ0v) is 14.9. The molecule has 0 aliphatic carbocycles. The van der Waals surface area contributed by atoms with E-state index in [1.54, 1.807) is 0 Å². The summed E-state index contributed by atoms with van der Waals surface area (Å²) in [7, 11) is 2.21. The summed E-state index contributed by atoms with van der Waals surface area (Å²) in [5, 5.41) is 1.32. The Morgan fingerprint density at radius 3 is 2.74 bits per heavy atom. The summed E-state index contributed by atoms with van der Waals surface area (Å²) in [6.45, 7) is 4.47. The number of nitrogens with zero attached hydrogens (tertiary/aromatic N) is 3. The Morgan fingerprint density at radius 1 is 1.37 bits per heavy atom. The van der Waals surface area contributed by atoms with E-state index < -0.39 is 0 Å². The highest BCUT2D eigenvalue weighted by Gasteiger charge is 2.21. The van der Waals surface area contributed by atoms with Crippen molar-refractivity contribution in [1.82, 2.24) is 14.5 Å². The van der Waals surface area contributed by atoms with Gasteiger partial charge in [-0.3, -0.25) is 0 Å². The van der Waals surface area contributed by atoms with Crippen LogP contribution in [0.2, 0.25) is 0 Å². The van der Waals surface area contributed by atoms with Gasteiger partial charge in [-0.15, -0.1) is 0 Å². The van der Waals surface area contributed by atoms with Gasteiger partial charge in [0.25, 0.3) is 0 Å². The van der Waals surface area contributed by atoms with E-state index >= 15 is 0 Å². The summed E-state index contributed by atoms with van der Waals surface area (Å²) in [6.07, 6.45) is 4.75. The topological polar surface area (TPSA) is 21.1 Å². The summed E-state index contributed by atoms with van der Waals surface area (Å²) in [5.41, 5.74) is 2.42. The molecule has 0 bridgehead atoms. The van der Waals surface area contributed by atoms with Gasteiger partial charge in [-0.05, 0) is 84.5 Å². The molecule has 0 spiro atoms. The molecule has 0 saturated carbocycles. The van der Waals surface area contributed by atoms with Crippen molar-refractivity contribution in [3.8, 4) is 0 Å². The summed E-state index contributed by atoms with van der Waals surface area (Å²) in [5.74, 6) is 0. The van der Waals surface area contributed by atoms with Gasteiger partial charge in [0.1, 0.15) is 4.60 Å². The van der Waals surface area contributed by atoms with Crippen LogP contribution in [0.3, 0.4) is 0 Å². The molecule has 0 amide bonds.